The van der Waals surface area contributed by atoms with Gasteiger partial charge in [-0.2, -0.15) is 0 Å². The van der Waals surface area contributed by atoms with E-state index < -0.39 is 6.29 Å². The van der Waals surface area contributed by atoms with Crippen molar-refractivity contribution in [3.8, 4) is 0 Å². The third-order valence-corrected chi connectivity index (χ3v) is 3.22. The van der Waals surface area contributed by atoms with Gasteiger partial charge in [-0.3, -0.25) is 0 Å². The molecule has 14 heavy (non-hydrogen) atoms. The number of unbranched alkanes of at least 4 members (excludes halogenated alkanes) is 2. The Morgan fingerprint density at radius 3 is 2.57 bits per heavy atom. The van der Waals surface area contributed by atoms with Gasteiger partial charge in [0.25, 0.3) is 0 Å². The van der Waals surface area contributed by atoms with Crippen molar-refractivity contribution in [1.82, 2.24) is 0 Å². The fourth-order valence-corrected chi connectivity index (χ4v) is 2.18. The number of aliphatic hydroxyl groups is 1. The molecule has 1 rings (SSSR count). The maximum absolute atomic E-state index is 9.66. The molecule has 0 bridgehead atoms. The summed E-state index contributed by atoms with van der Waals surface area (Å²) in [5.41, 5.74) is 0. The summed E-state index contributed by atoms with van der Waals surface area (Å²) in [5.74, 6) is 0.878. The van der Waals surface area contributed by atoms with Crippen LogP contribution in [-0.4, -0.2) is 17.5 Å². The third kappa shape index (κ3) is 3.25. The van der Waals surface area contributed by atoms with Crippen LogP contribution < -0.4 is 0 Å². The largest absolute Gasteiger partial charge is 0.368 e. The second kappa shape index (κ2) is 5.72. The predicted octanol–water partition coefficient (Wildman–Crippen LogP) is 2.95. The molecule has 0 radical (unpaired) electrons. The molecule has 1 saturated heterocycles. The lowest BCUT2D eigenvalue weighted by molar-refractivity contribution is -0.115. The van der Waals surface area contributed by atoms with Gasteiger partial charge in [-0.1, -0.05) is 40.0 Å². The van der Waals surface area contributed by atoms with E-state index in [-0.39, 0.29) is 0 Å². The number of aliphatic hydroxyl groups excluding tert-OH is 1. The van der Waals surface area contributed by atoms with E-state index >= 15 is 0 Å². The van der Waals surface area contributed by atoms with Gasteiger partial charge in [0.05, 0.1) is 6.10 Å². The second-order valence-electron chi connectivity index (χ2n) is 4.79. The van der Waals surface area contributed by atoms with Crippen molar-refractivity contribution >= 4 is 0 Å². The minimum Gasteiger partial charge on any atom is -0.368 e. The lowest BCUT2D eigenvalue weighted by atomic mass is 9.91. The molecule has 1 fully saturated rings. The monoisotopic (exact) mass is 200 g/mol. The highest BCUT2D eigenvalue weighted by atomic mass is 16.6. The standard InChI is InChI=1S/C12H24O2/c1-4-5-6-7-10-8-11(9(2)3)12(13)14-10/h9-13H,4-8H2,1-3H3. The fraction of sp³-hybridized carbons (Fsp3) is 1.00. The summed E-state index contributed by atoms with van der Waals surface area (Å²) in [4.78, 5) is 0. The molecular weight excluding hydrogens is 176 g/mol. The summed E-state index contributed by atoms with van der Waals surface area (Å²) < 4.78 is 5.54. The van der Waals surface area contributed by atoms with Gasteiger partial charge < -0.3 is 9.84 Å². The SMILES string of the molecule is CCCCCC1CC(C(C)C)C(O)O1. The molecule has 3 atom stereocenters. The average molecular weight is 200 g/mol. The van der Waals surface area contributed by atoms with E-state index in [1.807, 2.05) is 0 Å². The number of ether oxygens (including phenoxy) is 1. The first-order valence-electron chi connectivity index (χ1n) is 5.98. The lowest BCUT2D eigenvalue weighted by Gasteiger charge is -2.15. The van der Waals surface area contributed by atoms with Crippen LogP contribution in [0.2, 0.25) is 0 Å². The molecule has 0 aromatic heterocycles. The number of hydrogen-bond donors (Lipinski definition) is 1. The minimum absolute atomic E-state index is 0.309. The van der Waals surface area contributed by atoms with E-state index in [0.717, 1.165) is 12.8 Å². The van der Waals surface area contributed by atoms with Gasteiger partial charge in [0.15, 0.2) is 6.29 Å². The van der Waals surface area contributed by atoms with Crippen LogP contribution in [0, 0.1) is 11.8 Å². The van der Waals surface area contributed by atoms with Crippen molar-refractivity contribution in [3.63, 3.8) is 0 Å². The molecule has 1 aliphatic rings. The first kappa shape index (κ1) is 12.0. The molecule has 0 aromatic rings. The highest BCUT2D eigenvalue weighted by molar-refractivity contribution is 4.78. The van der Waals surface area contributed by atoms with Crippen LogP contribution >= 0.6 is 0 Å². The summed E-state index contributed by atoms with van der Waals surface area (Å²) in [5, 5.41) is 9.66. The molecule has 0 aromatic carbocycles. The Morgan fingerprint density at radius 1 is 1.36 bits per heavy atom. The summed E-state index contributed by atoms with van der Waals surface area (Å²) in [6, 6.07) is 0. The molecule has 0 saturated carbocycles. The van der Waals surface area contributed by atoms with Crippen molar-refractivity contribution in [3.05, 3.63) is 0 Å². The molecule has 1 N–H and O–H groups in total. The highest BCUT2D eigenvalue weighted by Crippen LogP contribution is 2.32. The van der Waals surface area contributed by atoms with Crippen LogP contribution in [0.5, 0.6) is 0 Å². The van der Waals surface area contributed by atoms with Crippen molar-refractivity contribution in [1.29, 1.82) is 0 Å². The zero-order valence-corrected chi connectivity index (χ0v) is 9.70. The zero-order valence-electron chi connectivity index (χ0n) is 9.70. The maximum Gasteiger partial charge on any atom is 0.158 e. The van der Waals surface area contributed by atoms with Crippen LogP contribution in [0.3, 0.4) is 0 Å². The smallest absolute Gasteiger partial charge is 0.158 e. The molecule has 0 spiro atoms. The Morgan fingerprint density at radius 2 is 2.07 bits per heavy atom. The van der Waals surface area contributed by atoms with E-state index in [0.29, 0.717) is 17.9 Å². The van der Waals surface area contributed by atoms with Crippen LogP contribution in [0.1, 0.15) is 52.9 Å². The van der Waals surface area contributed by atoms with Gasteiger partial charge in [0.1, 0.15) is 0 Å². The van der Waals surface area contributed by atoms with Gasteiger partial charge in [0.2, 0.25) is 0 Å². The topological polar surface area (TPSA) is 29.5 Å². The van der Waals surface area contributed by atoms with Crippen LogP contribution in [0.4, 0.5) is 0 Å². The van der Waals surface area contributed by atoms with Gasteiger partial charge >= 0.3 is 0 Å². The molecule has 0 amide bonds. The number of rotatable bonds is 5. The van der Waals surface area contributed by atoms with Crippen LogP contribution in [0.15, 0.2) is 0 Å². The quantitative estimate of drug-likeness (QED) is 0.691. The fourth-order valence-electron chi connectivity index (χ4n) is 2.18. The lowest BCUT2D eigenvalue weighted by Crippen LogP contribution is -2.19. The Kier molecular flexibility index (Phi) is 4.90. The molecular formula is C12H24O2. The van der Waals surface area contributed by atoms with Crippen molar-refractivity contribution in [2.45, 2.75) is 65.3 Å². The van der Waals surface area contributed by atoms with Crippen molar-refractivity contribution in [2.24, 2.45) is 11.8 Å². The Labute approximate surface area is 87.7 Å². The average Bonchev–Trinajstić information content (AvgIpc) is 2.47. The minimum atomic E-state index is -0.512. The first-order valence-corrected chi connectivity index (χ1v) is 5.98. The predicted molar refractivity (Wildman–Crippen MR) is 58.0 cm³/mol. The van der Waals surface area contributed by atoms with E-state index in [9.17, 15) is 5.11 Å². The maximum atomic E-state index is 9.66. The van der Waals surface area contributed by atoms with Crippen LogP contribution in [-0.2, 0) is 4.74 Å². The third-order valence-electron chi connectivity index (χ3n) is 3.22. The second-order valence-corrected chi connectivity index (χ2v) is 4.79. The Bertz CT molecular complexity index is 156. The molecule has 1 aliphatic heterocycles. The Balaban J connectivity index is 2.24. The van der Waals surface area contributed by atoms with Gasteiger partial charge in [0, 0.05) is 5.92 Å². The molecule has 3 unspecified atom stereocenters. The van der Waals surface area contributed by atoms with E-state index in [1.54, 1.807) is 0 Å². The van der Waals surface area contributed by atoms with Gasteiger partial charge in [-0.25, -0.2) is 0 Å². The molecule has 2 nitrogen and oxygen atoms in total. The molecule has 1 heterocycles. The molecule has 84 valence electrons. The summed E-state index contributed by atoms with van der Waals surface area (Å²) >= 11 is 0. The van der Waals surface area contributed by atoms with Crippen LogP contribution in [0.25, 0.3) is 0 Å². The van der Waals surface area contributed by atoms with E-state index in [4.69, 9.17) is 4.74 Å². The van der Waals surface area contributed by atoms with Gasteiger partial charge in [-0.15, -0.1) is 0 Å². The number of hydrogen-bond acceptors (Lipinski definition) is 2. The van der Waals surface area contributed by atoms with Crippen molar-refractivity contribution < 1.29 is 9.84 Å². The van der Waals surface area contributed by atoms with Crippen molar-refractivity contribution in [2.75, 3.05) is 0 Å². The summed E-state index contributed by atoms with van der Waals surface area (Å²) in [6.07, 6.45) is 5.73. The van der Waals surface area contributed by atoms with E-state index in [2.05, 4.69) is 20.8 Å². The highest BCUT2D eigenvalue weighted by Gasteiger charge is 2.34. The normalized spacial score (nSPS) is 32.8. The zero-order chi connectivity index (χ0) is 10.6. The molecule has 2 heteroatoms. The van der Waals surface area contributed by atoms with Gasteiger partial charge in [-0.05, 0) is 18.8 Å². The first-order chi connectivity index (χ1) is 6.65. The summed E-state index contributed by atoms with van der Waals surface area (Å²) in [6.45, 7) is 6.53. The summed E-state index contributed by atoms with van der Waals surface area (Å²) in [7, 11) is 0. The van der Waals surface area contributed by atoms with E-state index in [1.165, 1.54) is 19.3 Å². The Hall–Kier alpha value is -0.0800. The molecule has 0 aliphatic carbocycles.